The van der Waals surface area contributed by atoms with Crippen LogP contribution in [-0.4, -0.2) is 51.8 Å². The lowest BCUT2D eigenvalue weighted by Crippen LogP contribution is -2.66. The summed E-state index contributed by atoms with van der Waals surface area (Å²) >= 11 is 0. The number of aromatic nitrogens is 1. The standard InChI is InChI=1S/C26H30FN3O2/c1-16-9-19(10-17(2)28-16)26(32)29-14-20-13-21(15-29)24(12-18-5-3-6-22(27)11-18)30-23(20)7-4-8-25(30)31/h3,5-6,9-11,20-21,23-24H,4,7-8,12-15H2,1-2H3/t20-,21+,23+,24+/m1/s1. The maximum Gasteiger partial charge on any atom is 0.254 e. The highest BCUT2D eigenvalue weighted by Gasteiger charge is 2.50. The predicted molar refractivity (Wildman–Crippen MR) is 120 cm³/mol. The molecule has 2 amide bonds. The zero-order valence-electron chi connectivity index (χ0n) is 18.8. The molecule has 4 heterocycles. The Labute approximate surface area is 188 Å². The van der Waals surface area contributed by atoms with Crippen molar-refractivity contribution < 1.29 is 14.0 Å². The second kappa shape index (κ2) is 8.30. The van der Waals surface area contributed by atoms with E-state index >= 15 is 0 Å². The van der Waals surface area contributed by atoms with Gasteiger partial charge in [0.15, 0.2) is 0 Å². The number of nitrogens with zero attached hydrogens (tertiary/aromatic N) is 3. The Balaban J connectivity index is 1.45. The van der Waals surface area contributed by atoms with Gasteiger partial charge in [-0.2, -0.15) is 0 Å². The average molecular weight is 436 g/mol. The summed E-state index contributed by atoms with van der Waals surface area (Å²) in [7, 11) is 0. The van der Waals surface area contributed by atoms with Crippen molar-refractivity contribution in [1.82, 2.24) is 14.8 Å². The van der Waals surface area contributed by atoms with E-state index < -0.39 is 0 Å². The summed E-state index contributed by atoms with van der Waals surface area (Å²) in [6.45, 7) is 5.15. The molecule has 5 rings (SSSR count). The summed E-state index contributed by atoms with van der Waals surface area (Å²) in [4.78, 5) is 35.0. The van der Waals surface area contributed by atoms with Crippen LogP contribution in [0.1, 0.15) is 53.0 Å². The number of hydrogen-bond acceptors (Lipinski definition) is 3. The number of amides is 2. The molecule has 0 spiro atoms. The molecule has 6 heteroatoms. The molecule has 0 aliphatic carbocycles. The lowest BCUT2D eigenvalue weighted by molar-refractivity contribution is -0.151. The fourth-order valence-corrected chi connectivity index (χ4v) is 6.25. The van der Waals surface area contributed by atoms with Gasteiger partial charge in [0.1, 0.15) is 5.82 Å². The number of fused-ring (bicyclic) bond motifs is 4. The Morgan fingerprint density at radius 1 is 1.12 bits per heavy atom. The van der Waals surface area contributed by atoms with E-state index in [1.807, 2.05) is 36.9 Å². The molecule has 5 nitrogen and oxygen atoms in total. The Bertz CT molecular complexity index is 1030. The number of aryl methyl sites for hydroxylation is 2. The van der Waals surface area contributed by atoms with Gasteiger partial charge in [0.25, 0.3) is 5.91 Å². The molecule has 3 aliphatic heterocycles. The largest absolute Gasteiger partial charge is 0.338 e. The van der Waals surface area contributed by atoms with E-state index in [2.05, 4.69) is 9.88 Å². The lowest BCUT2D eigenvalue weighted by atomic mass is 9.70. The quantitative estimate of drug-likeness (QED) is 0.734. The number of rotatable bonds is 3. The molecular weight excluding hydrogens is 405 g/mol. The van der Waals surface area contributed by atoms with Gasteiger partial charge in [-0.05, 0) is 81.2 Å². The third-order valence-corrected chi connectivity index (χ3v) is 7.45. The summed E-state index contributed by atoms with van der Waals surface area (Å²) < 4.78 is 13.9. The number of piperidine rings is 3. The van der Waals surface area contributed by atoms with Gasteiger partial charge in [-0.3, -0.25) is 14.6 Å². The molecule has 1 aromatic heterocycles. The zero-order valence-corrected chi connectivity index (χ0v) is 18.8. The summed E-state index contributed by atoms with van der Waals surface area (Å²) in [6.07, 6.45) is 4.14. The van der Waals surface area contributed by atoms with Gasteiger partial charge >= 0.3 is 0 Å². The van der Waals surface area contributed by atoms with Crippen molar-refractivity contribution in [3.05, 3.63) is 64.7 Å². The molecule has 3 saturated heterocycles. The van der Waals surface area contributed by atoms with Crippen LogP contribution in [0.15, 0.2) is 36.4 Å². The molecule has 32 heavy (non-hydrogen) atoms. The van der Waals surface area contributed by atoms with Crippen LogP contribution >= 0.6 is 0 Å². The average Bonchev–Trinajstić information content (AvgIpc) is 2.75. The molecule has 0 radical (unpaired) electrons. The maximum absolute atomic E-state index is 13.9. The summed E-state index contributed by atoms with van der Waals surface area (Å²) in [5.74, 6) is 0.519. The molecule has 3 fully saturated rings. The van der Waals surface area contributed by atoms with Crippen LogP contribution in [0.25, 0.3) is 0 Å². The van der Waals surface area contributed by atoms with Crippen LogP contribution in [0.5, 0.6) is 0 Å². The van der Waals surface area contributed by atoms with Crippen molar-refractivity contribution in [2.75, 3.05) is 13.1 Å². The van der Waals surface area contributed by atoms with Crippen molar-refractivity contribution >= 4 is 11.8 Å². The monoisotopic (exact) mass is 435 g/mol. The minimum Gasteiger partial charge on any atom is -0.338 e. The van der Waals surface area contributed by atoms with Crippen LogP contribution in [0.2, 0.25) is 0 Å². The lowest BCUT2D eigenvalue weighted by Gasteiger charge is -2.56. The van der Waals surface area contributed by atoms with Gasteiger partial charge in [0.2, 0.25) is 5.91 Å². The zero-order chi connectivity index (χ0) is 22.4. The van der Waals surface area contributed by atoms with Crippen molar-refractivity contribution in [1.29, 1.82) is 0 Å². The highest BCUT2D eigenvalue weighted by Crippen LogP contribution is 2.43. The molecule has 0 N–H and O–H groups in total. The second-order valence-electron chi connectivity index (χ2n) is 9.77. The van der Waals surface area contributed by atoms with Crippen LogP contribution in [0, 0.1) is 31.5 Å². The molecule has 168 valence electrons. The van der Waals surface area contributed by atoms with Crippen molar-refractivity contribution in [2.24, 2.45) is 11.8 Å². The highest BCUT2D eigenvalue weighted by atomic mass is 19.1. The van der Waals surface area contributed by atoms with Gasteiger partial charge in [-0.25, -0.2) is 4.39 Å². The Morgan fingerprint density at radius 3 is 2.62 bits per heavy atom. The topological polar surface area (TPSA) is 53.5 Å². The third-order valence-electron chi connectivity index (χ3n) is 7.45. The molecule has 2 aromatic rings. The van der Waals surface area contributed by atoms with Gasteiger partial charge < -0.3 is 9.80 Å². The van der Waals surface area contributed by atoms with E-state index in [1.54, 1.807) is 12.1 Å². The third kappa shape index (κ3) is 3.91. The molecule has 2 bridgehead atoms. The minimum absolute atomic E-state index is 0.00219. The number of carbonyl (C=O) groups excluding carboxylic acids is 2. The van der Waals surface area contributed by atoms with Crippen molar-refractivity contribution in [3.63, 3.8) is 0 Å². The van der Waals surface area contributed by atoms with E-state index in [0.29, 0.717) is 37.4 Å². The Morgan fingerprint density at radius 2 is 1.88 bits per heavy atom. The van der Waals surface area contributed by atoms with Crippen molar-refractivity contribution in [2.45, 2.75) is 58.0 Å². The van der Waals surface area contributed by atoms with Crippen LogP contribution < -0.4 is 0 Å². The van der Waals surface area contributed by atoms with E-state index in [9.17, 15) is 14.0 Å². The first-order chi connectivity index (χ1) is 15.4. The summed E-state index contributed by atoms with van der Waals surface area (Å²) in [5, 5.41) is 0. The first kappa shape index (κ1) is 21.1. The SMILES string of the molecule is Cc1cc(C(=O)N2C[C@H]3C[C@@H](C2)[C@H](Cc2cccc(F)c2)N2C(=O)CCC[C@@H]32)cc(C)n1. The number of hydrogen-bond donors (Lipinski definition) is 0. The van der Waals surface area contributed by atoms with Crippen LogP contribution in [0.4, 0.5) is 4.39 Å². The Kier molecular flexibility index (Phi) is 5.48. The molecule has 1 aromatic carbocycles. The van der Waals surface area contributed by atoms with E-state index in [-0.39, 0.29) is 35.6 Å². The molecule has 0 unspecified atom stereocenters. The van der Waals surface area contributed by atoms with E-state index in [0.717, 1.165) is 36.2 Å². The Hall–Kier alpha value is -2.76. The molecule has 4 atom stereocenters. The summed E-state index contributed by atoms with van der Waals surface area (Å²) in [5.41, 5.74) is 3.29. The van der Waals surface area contributed by atoms with Gasteiger partial charge in [-0.15, -0.1) is 0 Å². The summed E-state index contributed by atoms with van der Waals surface area (Å²) in [6, 6.07) is 10.6. The van der Waals surface area contributed by atoms with Gasteiger partial charge in [0, 0.05) is 48.5 Å². The first-order valence-corrected chi connectivity index (χ1v) is 11.7. The van der Waals surface area contributed by atoms with Gasteiger partial charge in [-0.1, -0.05) is 12.1 Å². The number of benzene rings is 1. The van der Waals surface area contributed by atoms with Crippen LogP contribution in [0.3, 0.4) is 0 Å². The van der Waals surface area contributed by atoms with E-state index in [1.165, 1.54) is 6.07 Å². The van der Waals surface area contributed by atoms with Crippen molar-refractivity contribution in [3.8, 4) is 0 Å². The smallest absolute Gasteiger partial charge is 0.254 e. The highest BCUT2D eigenvalue weighted by molar-refractivity contribution is 5.94. The molecular formula is C26H30FN3O2. The predicted octanol–water partition coefficient (Wildman–Crippen LogP) is 3.92. The minimum atomic E-state index is -0.249. The molecule has 3 aliphatic rings. The maximum atomic E-state index is 13.9. The number of likely N-dealkylation sites (tertiary alicyclic amines) is 1. The van der Waals surface area contributed by atoms with Gasteiger partial charge in [0.05, 0.1) is 0 Å². The second-order valence-corrected chi connectivity index (χ2v) is 9.77. The first-order valence-electron chi connectivity index (χ1n) is 11.7. The molecule has 0 saturated carbocycles. The fourth-order valence-electron chi connectivity index (χ4n) is 6.25. The number of halogens is 1. The van der Waals surface area contributed by atoms with Crippen LogP contribution in [-0.2, 0) is 11.2 Å². The number of carbonyl (C=O) groups is 2. The fraction of sp³-hybridized carbons (Fsp3) is 0.500. The van der Waals surface area contributed by atoms with E-state index in [4.69, 9.17) is 0 Å². The number of pyridine rings is 1. The normalized spacial score (nSPS) is 27.3.